The van der Waals surface area contributed by atoms with Crippen molar-refractivity contribution in [2.24, 2.45) is 0 Å². The molecule has 1 aromatic carbocycles. The minimum absolute atomic E-state index is 0.00228. The molecule has 0 saturated carbocycles. The van der Waals surface area contributed by atoms with Crippen molar-refractivity contribution in [2.45, 2.75) is 40.0 Å². The second-order valence-corrected chi connectivity index (χ2v) is 7.84. The van der Waals surface area contributed by atoms with Crippen molar-refractivity contribution in [2.75, 3.05) is 13.2 Å². The highest BCUT2D eigenvalue weighted by atomic mass is 35.5. The fourth-order valence-electron chi connectivity index (χ4n) is 1.84. The van der Waals surface area contributed by atoms with E-state index in [1.165, 1.54) is 6.07 Å². The molecule has 0 fully saturated rings. The van der Waals surface area contributed by atoms with Gasteiger partial charge >= 0.3 is 7.60 Å². The van der Waals surface area contributed by atoms with Crippen LogP contribution in [0.15, 0.2) is 12.1 Å². The number of benzene rings is 1. The van der Waals surface area contributed by atoms with Gasteiger partial charge in [-0.3, -0.25) is 4.57 Å². The Morgan fingerprint density at radius 3 is 2.10 bits per heavy atom. The molecule has 0 aromatic heterocycles. The number of rotatable bonds is 5. The third-order valence-corrected chi connectivity index (χ3v) is 5.15. The Labute approximate surface area is 125 Å². The maximum atomic E-state index is 12.8. The molecule has 0 spiro atoms. The van der Waals surface area contributed by atoms with E-state index in [2.05, 4.69) is 0 Å². The van der Waals surface area contributed by atoms with E-state index in [1.807, 2.05) is 20.8 Å². The van der Waals surface area contributed by atoms with Gasteiger partial charge in [-0.05, 0) is 31.4 Å². The number of phenols is 1. The smallest absolute Gasteiger partial charge is 0.361 e. The number of halogens is 1. The molecule has 0 heterocycles. The van der Waals surface area contributed by atoms with Crippen molar-refractivity contribution in [3.63, 3.8) is 0 Å². The Morgan fingerprint density at radius 2 is 1.70 bits per heavy atom. The summed E-state index contributed by atoms with van der Waals surface area (Å²) in [6.07, 6.45) is 0. The second-order valence-electron chi connectivity index (χ2n) is 5.41. The van der Waals surface area contributed by atoms with Gasteiger partial charge in [-0.1, -0.05) is 32.4 Å². The molecule has 6 heteroatoms. The van der Waals surface area contributed by atoms with Crippen LogP contribution in [-0.4, -0.2) is 18.3 Å². The minimum Gasteiger partial charge on any atom is -0.506 e. The van der Waals surface area contributed by atoms with E-state index in [1.54, 1.807) is 19.9 Å². The molecule has 0 radical (unpaired) electrons. The lowest BCUT2D eigenvalue weighted by molar-refractivity contribution is 0.230. The minimum atomic E-state index is -3.41. The summed E-state index contributed by atoms with van der Waals surface area (Å²) in [7, 11) is -3.41. The number of aromatic hydroxyl groups is 1. The zero-order chi connectivity index (χ0) is 15.6. The first-order chi connectivity index (χ1) is 9.15. The van der Waals surface area contributed by atoms with Crippen molar-refractivity contribution >= 4 is 24.5 Å². The molecule has 0 aliphatic rings. The lowest BCUT2D eigenvalue weighted by Gasteiger charge is -2.24. The Balaban J connectivity index is 3.45. The largest absolute Gasteiger partial charge is 0.506 e. The Kier molecular flexibility index (Phi) is 5.68. The third kappa shape index (κ3) is 3.76. The molecule has 20 heavy (non-hydrogen) atoms. The summed E-state index contributed by atoms with van der Waals surface area (Å²) in [4.78, 5) is 0. The van der Waals surface area contributed by atoms with Crippen molar-refractivity contribution in [3.05, 3.63) is 22.7 Å². The van der Waals surface area contributed by atoms with Gasteiger partial charge in [0.25, 0.3) is 0 Å². The summed E-state index contributed by atoms with van der Waals surface area (Å²) < 4.78 is 23.4. The lowest BCUT2D eigenvalue weighted by Crippen LogP contribution is -2.17. The first kappa shape index (κ1) is 17.5. The van der Waals surface area contributed by atoms with E-state index in [0.717, 1.165) is 0 Å². The van der Waals surface area contributed by atoms with Gasteiger partial charge in [0.1, 0.15) is 5.75 Å². The molecule has 0 aliphatic heterocycles. The topological polar surface area (TPSA) is 55.8 Å². The standard InChI is InChI=1S/C14H22ClO4P/c1-6-18-20(17,19-7-2)10-8-11(14(3,4)5)13(16)12(15)9-10/h8-9,16H,6-7H2,1-5H3. The maximum Gasteiger partial charge on any atom is 0.361 e. The van der Waals surface area contributed by atoms with Gasteiger partial charge in [-0.25, -0.2) is 0 Å². The summed E-state index contributed by atoms with van der Waals surface area (Å²) in [6, 6.07) is 3.09. The van der Waals surface area contributed by atoms with Gasteiger partial charge in [0, 0.05) is 5.56 Å². The van der Waals surface area contributed by atoms with E-state index in [4.69, 9.17) is 20.6 Å². The van der Waals surface area contributed by atoms with Gasteiger partial charge in [0.2, 0.25) is 0 Å². The molecule has 0 unspecified atom stereocenters. The van der Waals surface area contributed by atoms with Crippen molar-refractivity contribution in [1.82, 2.24) is 0 Å². The predicted molar refractivity (Wildman–Crippen MR) is 82.3 cm³/mol. The van der Waals surface area contributed by atoms with E-state index < -0.39 is 7.60 Å². The third-order valence-electron chi connectivity index (χ3n) is 2.77. The predicted octanol–water partition coefficient (Wildman–Crippen LogP) is 4.23. The van der Waals surface area contributed by atoms with Crippen molar-refractivity contribution < 1.29 is 18.7 Å². The van der Waals surface area contributed by atoms with Crippen LogP contribution in [0.3, 0.4) is 0 Å². The fourth-order valence-corrected chi connectivity index (χ4v) is 3.76. The summed E-state index contributed by atoms with van der Waals surface area (Å²) >= 11 is 6.05. The van der Waals surface area contributed by atoms with Crippen LogP contribution in [0.5, 0.6) is 5.75 Å². The first-order valence-corrected chi connectivity index (χ1v) is 8.50. The summed E-state index contributed by atoms with van der Waals surface area (Å²) in [5.74, 6) is 0.00228. The molecular weight excluding hydrogens is 299 g/mol. The highest BCUT2D eigenvalue weighted by molar-refractivity contribution is 7.62. The average molecular weight is 321 g/mol. The molecule has 1 rings (SSSR count). The zero-order valence-corrected chi connectivity index (χ0v) is 14.2. The van der Waals surface area contributed by atoms with E-state index in [-0.39, 0.29) is 29.4 Å². The number of phenolic OH excluding ortho intramolecular Hbond substituents is 1. The van der Waals surface area contributed by atoms with Gasteiger partial charge in [0.05, 0.1) is 23.5 Å². The SMILES string of the molecule is CCOP(=O)(OCC)c1cc(Cl)c(O)c(C(C)(C)C)c1. The molecular formula is C14H22ClO4P. The quantitative estimate of drug-likeness (QED) is 0.825. The van der Waals surface area contributed by atoms with Crippen molar-refractivity contribution in [3.8, 4) is 5.75 Å². The Bertz CT molecular complexity index is 513. The molecule has 1 aromatic rings. The van der Waals surface area contributed by atoms with Crippen LogP contribution in [0, 0.1) is 0 Å². The van der Waals surface area contributed by atoms with Crippen LogP contribution in [0.25, 0.3) is 0 Å². The van der Waals surface area contributed by atoms with E-state index in [0.29, 0.717) is 10.9 Å². The van der Waals surface area contributed by atoms with Crippen LogP contribution in [-0.2, 0) is 19.0 Å². The van der Waals surface area contributed by atoms with Gasteiger partial charge in [-0.2, -0.15) is 0 Å². The van der Waals surface area contributed by atoms with Crippen LogP contribution >= 0.6 is 19.2 Å². The normalized spacial score (nSPS) is 12.7. The summed E-state index contributed by atoms with van der Waals surface area (Å²) in [6.45, 7) is 9.84. The molecule has 0 amide bonds. The molecule has 0 saturated heterocycles. The second kappa shape index (κ2) is 6.48. The van der Waals surface area contributed by atoms with Crippen LogP contribution in [0.1, 0.15) is 40.2 Å². The van der Waals surface area contributed by atoms with Gasteiger partial charge < -0.3 is 14.2 Å². The van der Waals surface area contributed by atoms with Crippen LogP contribution < -0.4 is 5.30 Å². The molecule has 114 valence electrons. The van der Waals surface area contributed by atoms with E-state index in [9.17, 15) is 9.67 Å². The van der Waals surface area contributed by atoms with E-state index >= 15 is 0 Å². The molecule has 4 nitrogen and oxygen atoms in total. The zero-order valence-electron chi connectivity index (χ0n) is 12.6. The maximum absolute atomic E-state index is 12.8. The van der Waals surface area contributed by atoms with Crippen LogP contribution in [0.4, 0.5) is 0 Å². The van der Waals surface area contributed by atoms with Gasteiger partial charge in [0.15, 0.2) is 0 Å². The van der Waals surface area contributed by atoms with Gasteiger partial charge in [-0.15, -0.1) is 0 Å². The lowest BCUT2D eigenvalue weighted by atomic mass is 9.86. The monoisotopic (exact) mass is 320 g/mol. The summed E-state index contributed by atoms with van der Waals surface area (Å²) in [5, 5.41) is 10.6. The molecule has 0 atom stereocenters. The average Bonchev–Trinajstić information content (AvgIpc) is 2.31. The Morgan fingerprint density at radius 1 is 1.20 bits per heavy atom. The molecule has 1 N–H and O–H groups in total. The number of hydrogen-bond donors (Lipinski definition) is 1. The highest BCUT2D eigenvalue weighted by Gasteiger charge is 2.31. The van der Waals surface area contributed by atoms with Crippen molar-refractivity contribution in [1.29, 1.82) is 0 Å². The molecule has 0 bridgehead atoms. The van der Waals surface area contributed by atoms with Crippen LogP contribution in [0.2, 0.25) is 5.02 Å². The first-order valence-electron chi connectivity index (χ1n) is 6.58. The summed E-state index contributed by atoms with van der Waals surface area (Å²) in [5.41, 5.74) is 0.270. The Hall–Kier alpha value is -0.540. The molecule has 0 aliphatic carbocycles. The highest BCUT2D eigenvalue weighted by Crippen LogP contribution is 2.49. The fraction of sp³-hybridized carbons (Fsp3) is 0.571. The number of hydrogen-bond acceptors (Lipinski definition) is 4.